The first-order valence-corrected chi connectivity index (χ1v) is 13.5. The van der Waals surface area contributed by atoms with E-state index in [4.69, 9.17) is 15.6 Å². The Labute approximate surface area is 214 Å². The van der Waals surface area contributed by atoms with Crippen molar-refractivity contribution in [1.82, 2.24) is 5.32 Å². The molecule has 0 radical (unpaired) electrons. The maximum absolute atomic E-state index is 12.3. The minimum Gasteiger partial charge on any atom is -0.478 e. The molecule has 0 aromatic heterocycles. The third-order valence-corrected chi connectivity index (χ3v) is 7.49. The molecule has 38 heavy (non-hydrogen) atoms. The van der Waals surface area contributed by atoms with Crippen LogP contribution in [0.1, 0.15) is 27.6 Å². The number of anilines is 1. The van der Waals surface area contributed by atoms with Crippen molar-refractivity contribution >= 4 is 48.8 Å². The number of carboxylic acid groups (broad SMARTS) is 1. The molecule has 4 rings (SSSR count). The molecule has 1 aliphatic heterocycles. The Hall–Kier alpha value is -4.31. The lowest BCUT2D eigenvalue weighted by Gasteiger charge is -2.20. The number of nitrogens with one attached hydrogen (secondary N) is 2. The van der Waals surface area contributed by atoms with Crippen molar-refractivity contribution < 1.29 is 45.1 Å². The van der Waals surface area contributed by atoms with E-state index in [9.17, 15) is 40.6 Å². The van der Waals surface area contributed by atoms with Crippen molar-refractivity contribution in [3.05, 3.63) is 58.9 Å². The predicted molar refractivity (Wildman–Crippen MR) is 133 cm³/mol. The molecule has 13 nitrogen and oxygen atoms in total. The van der Waals surface area contributed by atoms with Gasteiger partial charge >= 0.3 is 5.97 Å². The summed E-state index contributed by atoms with van der Waals surface area (Å²) in [6, 6.07) is 8.25. The van der Waals surface area contributed by atoms with Crippen molar-refractivity contribution in [3.8, 4) is 22.5 Å². The largest absolute Gasteiger partial charge is 0.478 e. The van der Waals surface area contributed by atoms with Crippen molar-refractivity contribution in [2.75, 3.05) is 12.3 Å². The first kappa shape index (κ1) is 26.7. The number of fused-ring (bicyclic) bond motifs is 2. The number of carbonyl (C=O) groups excluding carboxylic acids is 1. The lowest BCUT2D eigenvalue weighted by molar-refractivity contribution is 0.0697. The van der Waals surface area contributed by atoms with Crippen LogP contribution in [-0.4, -0.2) is 49.5 Å². The number of hydrogen-bond donors (Lipinski definition) is 6. The smallest absolute Gasteiger partial charge is 0.336 e. The molecule has 2 aromatic rings. The van der Waals surface area contributed by atoms with E-state index in [1.807, 2.05) is 0 Å². The van der Waals surface area contributed by atoms with E-state index >= 15 is 0 Å². The number of carbonyl (C=O) groups is 2. The number of carboxylic acids is 1. The van der Waals surface area contributed by atoms with Gasteiger partial charge in [0.25, 0.3) is 26.1 Å². The van der Waals surface area contributed by atoms with Gasteiger partial charge in [-0.15, -0.1) is 0 Å². The lowest BCUT2D eigenvalue weighted by Crippen LogP contribution is -2.23. The highest BCUT2D eigenvalue weighted by Gasteiger charge is 2.31. The molecule has 1 aliphatic carbocycles. The van der Waals surface area contributed by atoms with Crippen LogP contribution in [0.15, 0.2) is 56.7 Å². The summed E-state index contributed by atoms with van der Waals surface area (Å²) in [5.74, 6) is -2.73. The molecule has 0 saturated carbocycles. The van der Waals surface area contributed by atoms with E-state index in [2.05, 4.69) is 5.32 Å². The second kappa shape index (κ2) is 9.21. The van der Waals surface area contributed by atoms with Crippen LogP contribution in [0.5, 0.6) is 0 Å². The van der Waals surface area contributed by atoms with Crippen LogP contribution in [0.2, 0.25) is 0 Å². The highest BCUT2D eigenvalue weighted by molar-refractivity contribution is 7.86. The van der Waals surface area contributed by atoms with Crippen LogP contribution in [0, 0.1) is 5.41 Å². The summed E-state index contributed by atoms with van der Waals surface area (Å²) in [5, 5.41) is 19.7. The molecule has 198 valence electrons. The SMILES string of the molecule is CCNC(=O)c1ccc(-c2c3ccc(=N)c(S(=O)(=O)O)c-3oc3c(S(=O)(=O)O)c(N)ccc23)c(C(=O)O)c1. The Kier molecular flexibility index (Phi) is 6.48. The molecule has 1 amide bonds. The monoisotopic (exact) mass is 561 g/mol. The summed E-state index contributed by atoms with van der Waals surface area (Å²) in [5.41, 5.74) is 3.91. The van der Waals surface area contributed by atoms with E-state index in [-0.39, 0.29) is 34.2 Å². The number of hydrogen-bond acceptors (Lipinski definition) is 9. The molecule has 0 fully saturated rings. The molecule has 2 aromatic carbocycles. The van der Waals surface area contributed by atoms with Gasteiger partial charge in [0.15, 0.2) is 21.1 Å². The van der Waals surface area contributed by atoms with Crippen LogP contribution in [-0.2, 0) is 20.2 Å². The van der Waals surface area contributed by atoms with Gasteiger partial charge in [-0.05, 0) is 48.9 Å². The molecule has 0 unspecified atom stereocenters. The van der Waals surface area contributed by atoms with Crippen LogP contribution in [0.3, 0.4) is 0 Å². The zero-order chi connectivity index (χ0) is 28.2. The van der Waals surface area contributed by atoms with Gasteiger partial charge in [-0.25, -0.2) is 4.79 Å². The number of nitrogen functional groups attached to an aromatic ring is 1. The van der Waals surface area contributed by atoms with E-state index in [0.717, 1.165) is 18.2 Å². The first-order chi connectivity index (χ1) is 17.7. The van der Waals surface area contributed by atoms with E-state index < -0.39 is 69.9 Å². The van der Waals surface area contributed by atoms with Gasteiger partial charge in [0.05, 0.1) is 16.6 Å². The second-order valence-electron chi connectivity index (χ2n) is 8.03. The van der Waals surface area contributed by atoms with Gasteiger partial charge in [0, 0.05) is 28.6 Å². The van der Waals surface area contributed by atoms with Gasteiger partial charge in [-0.2, -0.15) is 16.8 Å². The fourth-order valence-corrected chi connectivity index (χ4v) is 5.62. The van der Waals surface area contributed by atoms with Crippen molar-refractivity contribution in [1.29, 1.82) is 5.41 Å². The minimum atomic E-state index is -5.13. The topological polar surface area (TPSA) is 238 Å². The Morgan fingerprint density at radius 1 is 0.974 bits per heavy atom. The highest BCUT2D eigenvalue weighted by Crippen LogP contribution is 2.45. The Morgan fingerprint density at radius 2 is 1.61 bits per heavy atom. The predicted octanol–water partition coefficient (Wildman–Crippen LogP) is 2.21. The summed E-state index contributed by atoms with van der Waals surface area (Å²) in [4.78, 5) is 22.6. The van der Waals surface area contributed by atoms with Crippen LogP contribution >= 0.6 is 0 Å². The zero-order valence-corrected chi connectivity index (χ0v) is 21.0. The third kappa shape index (κ3) is 4.47. The summed E-state index contributed by atoms with van der Waals surface area (Å²) < 4.78 is 74.2. The van der Waals surface area contributed by atoms with E-state index in [0.29, 0.717) is 0 Å². The first-order valence-electron chi connectivity index (χ1n) is 10.6. The molecule has 1 heterocycles. The van der Waals surface area contributed by atoms with Gasteiger partial charge < -0.3 is 20.6 Å². The summed E-state index contributed by atoms with van der Waals surface area (Å²) in [6.45, 7) is 1.94. The van der Waals surface area contributed by atoms with Gasteiger partial charge in [0.2, 0.25) is 0 Å². The lowest BCUT2D eigenvalue weighted by atomic mass is 9.89. The van der Waals surface area contributed by atoms with Crippen LogP contribution in [0.4, 0.5) is 5.69 Å². The number of rotatable bonds is 6. The Morgan fingerprint density at radius 3 is 2.18 bits per heavy atom. The normalized spacial score (nSPS) is 12.1. The maximum atomic E-state index is 12.3. The summed E-state index contributed by atoms with van der Waals surface area (Å²) in [6.07, 6.45) is 0. The van der Waals surface area contributed by atoms with Crippen molar-refractivity contribution in [2.24, 2.45) is 0 Å². The van der Waals surface area contributed by atoms with Crippen LogP contribution < -0.4 is 16.4 Å². The fraction of sp³-hybridized carbons (Fsp3) is 0.0870. The molecule has 0 spiro atoms. The molecule has 0 atom stereocenters. The number of benzene rings is 3. The van der Waals surface area contributed by atoms with Crippen LogP contribution in [0.25, 0.3) is 33.4 Å². The Bertz CT molecular complexity index is 1910. The molecule has 7 N–H and O–H groups in total. The second-order valence-corrected chi connectivity index (χ2v) is 10.7. The van der Waals surface area contributed by atoms with E-state index in [1.54, 1.807) is 6.92 Å². The minimum absolute atomic E-state index is 0.00262. The fourth-order valence-electron chi connectivity index (χ4n) is 4.14. The molecule has 2 aliphatic rings. The van der Waals surface area contributed by atoms with Gasteiger partial charge in [-0.3, -0.25) is 19.3 Å². The Balaban J connectivity index is 2.30. The zero-order valence-electron chi connectivity index (χ0n) is 19.3. The quantitative estimate of drug-likeness (QED) is 0.113. The number of aromatic carboxylic acids is 1. The average molecular weight is 562 g/mol. The third-order valence-electron chi connectivity index (χ3n) is 5.63. The van der Waals surface area contributed by atoms with Gasteiger partial charge in [0.1, 0.15) is 0 Å². The number of amides is 1. The maximum Gasteiger partial charge on any atom is 0.336 e. The van der Waals surface area contributed by atoms with E-state index in [1.165, 1.54) is 24.3 Å². The summed E-state index contributed by atoms with van der Waals surface area (Å²) >= 11 is 0. The average Bonchev–Trinajstić information content (AvgIpc) is 2.80. The molecule has 0 bridgehead atoms. The van der Waals surface area contributed by atoms with Crippen molar-refractivity contribution in [2.45, 2.75) is 16.7 Å². The molecule has 15 heteroatoms. The highest BCUT2D eigenvalue weighted by atomic mass is 32.2. The standard InChI is InChI=1S/C23H19N3O10S2/c1-2-26-22(27)10-3-4-11(14(9-10)23(28)29)17-12-5-7-15(24)20(37(30,31)32)18(12)36-19-13(17)6-8-16(25)21(19)38(33,34)35/h3-9,24H,2,25H2,1H3,(H,26,27)(H,28,29)(H,30,31,32)(H,33,34,35). The van der Waals surface area contributed by atoms with Gasteiger partial charge in [-0.1, -0.05) is 6.07 Å². The molecular formula is C23H19N3O10S2. The summed E-state index contributed by atoms with van der Waals surface area (Å²) in [7, 11) is -10.2. The van der Waals surface area contributed by atoms with Crippen molar-refractivity contribution in [3.63, 3.8) is 0 Å². The molecular weight excluding hydrogens is 542 g/mol. The molecule has 0 saturated heterocycles. The number of nitrogens with two attached hydrogens (primary N) is 1.